The summed E-state index contributed by atoms with van der Waals surface area (Å²) < 4.78 is 42.9. The van der Waals surface area contributed by atoms with Gasteiger partial charge in [0.25, 0.3) is 0 Å². The molecule has 2 aliphatic heterocycles. The van der Waals surface area contributed by atoms with Gasteiger partial charge in [-0.05, 0) is 43.2 Å². The molecule has 0 N–H and O–H groups in total. The lowest BCUT2D eigenvalue weighted by molar-refractivity contribution is -0.0180. The third kappa shape index (κ3) is 4.56. The van der Waals surface area contributed by atoms with E-state index in [4.69, 9.17) is 25.8 Å². The van der Waals surface area contributed by atoms with E-state index in [2.05, 4.69) is 4.90 Å². The molecule has 0 bridgehead atoms. The van der Waals surface area contributed by atoms with Crippen molar-refractivity contribution in [2.45, 2.75) is 31.0 Å². The van der Waals surface area contributed by atoms with Gasteiger partial charge >= 0.3 is 5.97 Å². The van der Waals surface area contributed by atoms with Crippen LogP contribution in [0.15, 0.2) is 35.2 Å². The fourth-order valence-corrected chi connectivity index (χ4v) is 5.06. The Balaban J connectivity index is 1.64. The Morgan fingerprint density at radius 3 is 2.66 bits per heavy atom. The van der Waals surface area contributed by atoms with E-state index < -0.39 is 16.0 Å². The van der Waals surface area contributed by atoms with Gasteiger partial charge < -0.3 is 19.1 Å². The number of carbonyl (C=O) groups is 1. The molecule has 0 atom stereocenters. The molecular formula is C22H25ClN2O6S. The molecule has 0 radical (unpaired) electrons. The minimum absolute atomic E-state index is 0.0398. The highest BCUT2D eigenvalue weighted by Crippen LogP contribution is 2.33. The fourth-order valence-electron chi connectivity index (χ4n) is 3.87. The van der Waals surface area contributed by atoms with Crippen LogP contribution in [-0.2, 0) is 32.7 Å². The predicted octanol–water partition coefficient (Wildman–Crippen LogP) is 3.41. The van der Waals surface area contributed by atoms with Gasteiger partial charge in [-0.15, -0.1) is 0 Å². The number of fused-ring (bicyclic) bond motifs is 1. The van der Waals surface area contributed by atoms with Gasteiger partial charge in [-0.25, -0.2) is 17.5 Å². The lowest BCUT2D eigenvalue weighted by atomic mass is 10.1. The molecule has 2 heterocycles. The van der Waals surface area contributed by atoms with Gasteiger partial charge in [0.2, 0.25) is 10.0 Å². The number of anilines is 1. The number of halogens is 1. The predicted molar refractivity (Wildman–Crippen MR) is 120 cm³/mol. The highest BCUT2D eigenvalue weighted by atomic mass is 35.5. The minimum Gasteiger partial charge on any atom is -0.467 e. The molecule has 1 saturated heterocycles. The number of esters is 1. The van der Waals surface area contributed by atoms with Crippen LogP contribution >= 0.6 is 11.6 Å². The Kier molecular flexibility index (Phi) is 6.62. The summed E-state index contributed by atoms with van der Waals surface area (Å²) in [7, 11) is -0.798. The highest BCUT2D eigenvalue weighted by Gasteiger charge is 2.26. The summed E-state index contributed by atoms with van der Waals surface area (Å²) >= 11 is 6.20. The van der Waals surface area contributed by atoms with Crippen LogP contribution in [0.1, 0.15) is 34.3 Å². The van der Waals surface area contributed by atoms with Crippen molar-refractivity contribution in [1.29, 1.82) is 0 Å². The highest BCUT2D eigenvalue weighted by molar-refractivity contribution is 7.89. The number of benzene rings is 2. The van der Waals surface area contributed by atoms with Crippen LogP contribution in [0.5, 0.6) is 5.75 Å². The fraction of sp³-hybridized carbons (Fsp3) is 0.409. The Morgan fingerprint density at radius 2 is 1.94 bits per heavy atom. The molecule has 10 heteroatoms. The number of rotatable bonds is 6. The van der Waals surface area contributed by atoms with Crippen molar-refractivity contribution in [1.82, 2.24) is 4.31 Å². The first-order chi connectivity index (χ1) is 15.3. The maximum absolute atomic E-state index is 13.1. The molecule has 0 spiro atoms. The van der Waals surface area contributed by atoms with E-state index in [9.17, 15) is 13.2 Å². The summed E-state index contributed by atoms with van der Waals surface area (Å²) in [5.74, 6) is -0.0133. The molecule has 2 aliphatic rings. The molecule has 1 fully saturated rings. The zero-order valence-electron chi connectivity index (χ0n) is 18.0. The van der Waals surface area contributed by atoms with Crippen LogP contribution in [0.3, 0.4) is 0 Å². The van der Waals surface area contributed by atoms with Crippen LogP contribution in [0.25, 0.3) is 0 Å². The van der Waals surface area contributed by atoms with Crippen molar-refractivity contribution in [3.63, 3.8) is 0 Å². The Bertz CT molecular complexity index is 1130. The SMILES string of the molecule is CN(C)S(=O)(=O)c1ccc(N2CCCC2)c(C(=O)OCc2cc(Cl)cc3c2OCOC3)c1. The van der Waals surface area contributed by atoms with E-state index in [1.54, 1.807) is 18.2 Å². The van der Waals surface area contributed by atoms with E-state index in [0.717, 1.165) is 35.8 Å². The average molecular weight is 481 g/mol. The third-order valence-electron chi connectivity index (χ3n) is 5.52. The lowest BCUT2D eigenvalue weighted by Gasteiger charge is -2.23. The molecule has 0 aliphatic carbocycles. The largest absolute Gasteiger partial charge is 0.467 e. The number of hydrogen-bond acceptors (Lipinski definition) is 7. The topological polar surface area (TPSA) is 85.4 Å². The molecule has 2 aromatic carbocycles. The number of sulfonamides is 1. The first kappa shape index (κ1) is 22.8. The van der Waals surface area contributed by atoms with Gasteiger partial charge in [0.05, 0.1) is 22.8 Å². The molecule has 0 unspecified atom stereocenters. The summed E-state index contributed by atoms with van der Waals surface area (Å²) in [6.45, 7) is 2.01. The molecule has 0 aromatic heterocycles. The van der Waals surface area contributed by atoms with Gasteiger partial charge in [-0.2, -0.15) is 0 Å². The zero-order chi connectivity index (χ0) is 22.9. The van der Waals surface area contributed by atoms with Crippen LogP contribution in [0.2, 0.25) is 5.02 Å². The second-order valence-corrected chi connectivity index (χ2v) is 10.5. The van der Waals surface area contributed by atoms with Gasteiger partial charge in [0.1, 0.15) is 12.4 Å². The van der Waals surface area contributed by atoms with Crippen molar-refractivity contribution in [2.75, 3.05) is 38.9 Å². The first-order valence-corrected chi connectivity index (χ1v) is 12.1. The van der Waals surface area contributed by atoms with Crippen molar-refractivity contribution in [2.24, 2.45) is 0 Å². The van der Waals surface area contributed by atoms with Crippen molar-refractivity contribution in [3.8, 4) is 5.75 Å². The van der Waals surface area contributed by atoms with E-state index >= 15 is 0 Å². The normalized spacial score (nSPS) is 16.1. The summed E-state index contributed by atoms with van der Waals surface area (Å²) in [6.07, 6.45) is 2.03. The van der Waals surface area contributed by atoms with Gasteiger partial charge in [-0.1, -0.05) is 11.6 Å². The Hall–Kier alpha value is -2.33. The standard InChI is InChI=1S/C22H25ClN2O6S/c1-24(2)32(27,28)18-5-6-20(25-7-3-4-8-25)19(11-18)22(26)30-13-16-10-17(23)9-15-12-29-14-31-21(15)16/h5-6,9-11H,3-4,7-8,12-14H2,1-2H3. The molecule has 0 amide bonds. The molecule has 8 nitrogen and oxygen atoms in total. The lowest BCUT2D eigenvalue weighted by Crippen LogP contribution is -2.25. The van der Waals surface area contributed by atoms with Crippen LogP contribution in [-0.4, -0.2) is 52.7 Å². The average Bonchev–Trinajstić information content (AvgIpc) is 3.31. The summed E-state index contributed by atoms with van der Waals surface area (Å²) in [5.41, 5.74) is 2.30. The quantitative estimate of drug-likeness (QED) is 0.585. The maximum atomic E-state index is 13.1. The molecule has 32 heavy (non-hydrogen) atoms. The van der Waals surface area contributed by atoms with E-state index in [-0.39, 0.29) is 23.9 Å². The molecular weight excluding hydrogens is 456 g/mol. The third-order valence-corrected chi connectivity index (χ3v) is 7.55. The van der Waals surface area contributed by atoms with Crippen LogP contribution in [0, 0.1) is 0 Å². The minimum atomic E-state index is -3.70. The van der Waals surface area contributed by atoms with Crippen LogP contribution < -0.4 is 9.64 Å². The zero-order valence-corrected chi connectivity index (χ0v) is 19.5. The Labute approximate surface area is 192 Å². The Morgan fingerprint density at radius 1 is 1.19 bits per heavy atom. The van der Waals surface area contributed by atoms with Gasteiger partial charge in [0, 0.05) is 43.3 Å². The van der Waals surface area contributed by atoms with Crippen molar-refractivity contribution < 1.29 is 27.4 Å². The first-order valence-electron chi connectivity index (χ1n) is 10.3. The smallest absolute Gasteiger partial charge is 0.340 e. The second-order valence-electron chi connectivity index (χ2n) is 7.90. The molecule has 172 valence electrons. The molecule has 2 aromatic rings. The number of carbonyl (C=O) groups excluding carboxylic acids is 1. The summed E-state index contributed by atoms with van der Waals surface area (Å²) in [5, 5.41) is 0.487. The number of hydrogen-bond donors (Lipinski definition) is 0. The second kappa shape index (κ2) is 9.27. The number of nitrogens with zero attached hydrogens (tertiary/aromatic N) is 2. The van der Waals surface area contributed by atoms with E-state index in [1.807, 2.05) is 0 Å². The molecule has 4 rings (SSSR count). The van der Waals surface area contributed by atoms with E-state index in [0.29, 0.717) is 28.6 Å². The van der Waals surface area contributed by atoms with Gasteiger partial charge in [-0.3, -0.25) is 0 Å². The maximum Gasteiger partial charge on any atom is 0.340 e. The van der Waals surface area contributed by atoms with Crippen LogP contribution in [0.4, 0.5) is 5.69 Å². The molecule has 0 saturated carbocycles. The summed E-state index contributed by atoms with van der Waals surface area (Å²) in [6, 6.07) is 8.04. The number of ether oxygens (including phenoxy) is 3. The monoisotopic (exact) mass is 480 g/mol. The van der Waals surface area contributed by atoms with E-state index in [1.165, 1.54) is 26.2 Å². The summed E-state index contributed by atoms with van der Waals surface area (Å²) in [4.78, 5) is 15.3. The van der Waals surface area contributed by atoms with Crippen molar-refractivity contribution in [3.05, 3.63) is 52.0 Å². The van der Waals surface area contributed by atoms with Gasteiger partial charge in [0.15, 0.2) is 6.79 Å². The van der Waals surface area contributed by atoms with Crippen molar-refractivity contribution >= 4 is 33.3 Å².